The van der Waals surface area contributed by atoms with Crippen molar-refractivity contribution in [2.75, 3.05) is 0 Å². The van der Waals surface area contributed by atoms with Crippen LogP contribution in [0.1, 0.15) is 63.9 Å². The molecule has 0 bridgehead atoms. The van der Waals surface area contributed by atoms with Crippen molar-refractivity contribution in [2.45, 2.75) is 64.7 Å². The van der Waals surface area contributed by atoms with E-state index in [9.17, 15) is 17.6 Å². The standard InChI is InChI=1S/C30H31F5O/c1-2-3-6-19-9-11-20(12-10-19)13-14-23-24(31)15-16-28(29(23)34)36-27-8-5-4-7-22(27)21-17-25(32)30(35)26(33)18-21/h4-5,7-8,15-20H,2-3,6,9-14H2,1H3. The van der Waals surface area contributed by atoms with Crippen LogP contribution < -0.4 is 4.74 Å². The van der Waals surface area contributed by atoms with Gasteiger partial charge in [0.25, 0.3) is 0 Å². The zero-order chi connectivity index (χ0) is 25.7. The van der Waals surface area contributed by atoms with Crippen LogP contribution in [0.3, 0.4) is 0 Å². The van der Waals surface area contributed by atoms with Gasteiger partial charge in [0.15, 0.2) is 29.0 Å². The van der Waals surface area contributed by atoms with Gasteiger partial charge < -0.3 is 4.74 Å². The van der Waals surface area contributed by atoms with Gasteiger partial charge in [0.1, 0.15) is 11.6 Å². The van der Waals surface area contributed by atoms with E-state index < -0.39 is 29.1 Å². The molecule has 3 aromatic carbocycles. The molecule has 0 atom stereocenters. The van der Waals surface area contributed by atoms with E-state index in [2.05, 4.69) is 6.92 Å². The smallest absolute Gasteiger partial charge is 0.194 e. The maximum absolute atomic E-state index is 15.4. The maximum Gasteiger partial charge on any atom is 0.194 e. The first-order valence-electron chi connectivity index (χ1n) is 12.8. The van der Waals surface area contributed by atoms with Gasteiger partial charge >= 0.3 is 0 Å². The van der Waals surface area contributed by atoms with Gasteiger partial charge in [-0.3, -0.25) is 0 Å². The second-order valence-corrected chi connectivity index (χ2v) is 9.76. The summed E-state index contributed by atoms with van der Waals surface area (Å²) in [6, 6.07) is 10.4. The molecule has 1 fully saturated rings. The highest BCUT2D eigenvalue weighted by molar-refractivity contribution is 5.71. The lowest BCUT2D eigenvalue weighted by molar-refractivity contribution is 0.249. The number of unbranched alkanes of at least 4 members (excludes halogenated alkanes) is 1. The summed E-state index contributed by atoms with van der Waals surface area (Å²) in [6.07, 6.45) is 9.26. The summed E-state index contributed by atoms with van der Waals surface area (Å²) in [5.41, 5.74) is 0.275. The minimum Gasteiger partial charge on any atom is -0.454 e. The molecule has 192 valence electrons. The minimum absolute atomic E-state index is 0.0167. The Kier molecular flexibility index (Phi) is 8.65. The lowest BCUT2D eigenvalue weighted by atomic mass is 9.78. The van der Waals surface area contributed by atoms with Gasteiger partial charge in [-0.2, -0.15) is 0 Å². The van der Waals surface area contributed by atoms with Crippen molar-refractivity contribution in [3.05, 3.63) is 83.2 Å². The monoisotopic (exact) mass is 502 g/mol. The summed E-state index contributed by atoms with van der Waals surface area (Å²) in [7, 11) is 0. The highest BCUT2D eigenvalue weighted by Gasteiger charge is 2.23. The zero-order valence-corrected chi connectivity index (χ0v) is 20.4. The van der Waals surface area contributed by atoms with Gasteiger partial charge in [-0.15, -0.1) is 0 Å². The fraction of sp³-hybridized carbons (Fsp3) is 0.400. The van der Waals surface area contributed by atoms with E-state index in [1.807, 2.05) is 0 Å². The van der Waals surface area contributed by atoms with Gasteiger partial charge in [0.2, 0.25) is 0 Å². The molecule has 0 spiro atoms. The number of hydrogen-bond acceptors (Lipinski definition) is 1. The maximum atomic E-state index is 15.4. The number of para-hydroxylation sites is 1. The highest BCUT2D eigenvalue weighted by Crippen LogP contribution is 2.38. The van der Waals surface area contributed by atoms with Gasteiger partial charge in [-0.05, 0) is 60.6 Å². The molecule has 4 rings (SSSR count). The van der Waals surface area contributed by atoms with Crippen molar-refractivity contribution >= 4 is 0 Å². The van der Waals surface area contributed by atoms with Crippen molar-refractivity contribution in [1.29, 1.82) is 0 Å². The molecule has 1 aliphatic rings. The molecule has 1 saturated carbocycles. The van der Waals surface area contributed by atoms with Crippen LogP contribution in [0.25, 0.3) is 11.1 Å². The molecule has 0 unspecified atom stereocenters. The van der Waals surface area contributed by atoms with Crippen molar-refractivity contribution in [1.82, 2.24) is 0 Å². The Bertz CT molecular complexity index is 1160. The van der Waals surface area contributed by atoms with Crippen LogP contribution in [0.4, 0.5) is 22.0 Å². The molecule has 1 aliphatic carbocycles. The molecular formula is C30H31F5O. The third-order valence-electron chi connectivity index (χ3n) is 7.29. The van der Waals surface area contributed by atoms with Crippen molar-refractivity contribution in [3.8, 4) is 22.6 Å². The van der Waals surface area contributed by atoms with Crippen molar-refractivity contribution < 1.29 is 26.7 Å². The van der Waals surface area contributed by atoms with E-state index in [1.165, 1.54) is 56.4 Å². The number of rotatable bonds is 9. The molecule has 0 amide bonds. The van der Waals surface area contributed by atoms with Gasteiger partial charge in [0.05, 0.1) is 0 Å². The van der Waals surface area contributed by atoms with Gasteiger partial charge in [0, 0.05) is 11.1 Å². The quantitative estimate of drug-likeness (QED) is 0.209. The van der Waals surface area contributed by atoms with E-state index in [0.29, 0.717) is 12.3 Å². The van der Waals surface area contributed by atoms with E-state index in [4.69, 9.17) is 4.74 Å². The first-order valence-corrected chi connectivity index (χ1v) is 12.8. The molecule has 3 aromatic rings. The molecule has 36 heavy (non-hydrogen) atoms. The van der Waals surface area contributed by atoms with Crippen LogP contribution in [0.15, 0.2) is 48.5 Å². The van der Waals surface area contributed by atoms with E-state index >= 15 is 4.39 Å². The number of halogens is 5. The molecule has 0 aromatic heterocycles. The molecule has 0 radical (unpaired) electrons. The van der Waals surface area contributed by atoms with Crippen LogP contribution in [-0.2, 0) is 6.42 Å². The molecule has 0 N–H and O–H groups in total. The molecule has 1 nitrogen and oxygen atoms in total. The summed E-state index contributed by atoms with van der Waals surface area (Å²) in [5.74, 6) is -4.48. The van der Waals surface area contributed by atoms with E-state index in [1.54, 1.807) is 12.1 Å². The van der Waals surface area contributed by atoms with Gasteiger partial charge in [-0.25, -0.2) is 22.0 Å². The second-order valence-electron chi connectivity index (χ2n) is 9.76. The topological polar surface area (TPSA) is 9.23 Å². The van der Waals surface area contributed by atoms with Crippen molar-refractivity contribution in [3.63, 3.8) is 0 Å². The first-order chi connectivity index (χ1) is 17.4. The third kappa shape index (κ3) is 6.08. The molecule has 0 heterocycles. The lowest BCUT2D eigenvalue weighted by Gasteiger charge is -2.28. The van der Waals surface area contributed by atoms with Gasteiger partial charge in [-0.1, -0.05) is 70.1 Å². The summed E-state index contributed by atoms with van der Waals surface area (Å²) in [4.78, 5) is 0. The number of hydrogen-bond donors (Lipinski definition) is 0. The SMILES string of the molecule is CCCCC1CCC(CCc2c(F)ccc(Oc3ccccc3-c3cc(F)c(F)c(F)c3)c2F)CC1. The van der Waals surface area contributed by atoms with Crippen LogP contribution in [0.2, 0.25) is 0 Å². The lowest BCUT2D eigenvalue weighted by Crippen LogP contribution is -2.15. The van der Waals surface area contributed by atoms with Crippen LogP contribution >= 0.6 is 0 Å². The average Bonchev–Trinajstić information content (AvgIpc) is 2.88. The normalized spacial score (nSPS) is 17.8. The largest absolute Gasteiger partial charge is 0.454 e. The number of ether oxygens (including phenoxy) is 1. The molecule has 6 heteroatoms. The van der Waals surface area contributed by atoms with Crippen LogP contribution in [0, 0.1) is 40.9 Å². The Labute approximate surface area is 209 Å². The second kappa shape index (κ2) is 11.9. The molecule has 0 saturated heterocycles. The summed E-state index contributed by atoms with van der Waals surface area (Å²) < 4.78 is 76.7. The van der Waals surface area contributed by atoms with E-state index in [0.717, 1.165) is 30.9 Å². The number of benzene rings is 3. The minimum atomic E-state index is -1.57. The third-order valence-corrected chi connectivity index (χ3v) is 7.29. The molecular weight excluding hydrogens is 471 g/mol. The highest BCUT2D eigenvalue weighted by atomic mass is 19.2. The summed E-state index contributed by atoms with van der Waals surface area (Å²) >= 11 is 0. The predicted molar refractivity (Wildman–Crippen MR) is 131 cm³/mol. The summed E-state index contributed by atoms with van der Waals surface area (Å²) in [5, 5.41) is 0. The van der Waals surface area contributed by atoms with Crippen LogP contribution in [0.5, 0.6) is 11.5 Å². The summed E-state index contributed by atoms with van der Waals surface area (Å²) in [6.45, 7) is 2.20. The average molecular weight is 503 g/mol. The Morgan fingerprint density at radius 1 is 0.722 bits per heavy atom. The predicted octanol–water partition coefficient (Wildman–Crippen LogP) is 9.77. The van der Waals surface area contributed by atoms with Crippen LogP contribution in [-0.4, -0.2) is 0 Å². The fourth-order valence-corrected chi connectivity index (χ4v) is 5.16. The molecule has 0 aliphatic heterocycles. The zero-order valence-electron chi connectivity index (χ0n) is 20.4. The Morgan fingerprint density at radius 2 is 1.36 bits per heavy atom. The first kappa shape index (κ1) is 26.2. The van der Waals surface area contributed by atoms with E-state index in [-0.39, 0.29) is 34.6 Å². The van der Waals surface area contributed by atoms with Crippen molar-refractivity contribution in [2.24, 2.45) is 11.8 Å². The Morgan fingerprint density at radius 3 is 2.03 bits per heavy atom. The fourth-order valence-electron chi connectivity index (χ4n) is 5.16. The Hall–Kier alpha value is -2.89. The Balaban J connectivity index is 1.49.